The van der Waals surface area contributed by atoms with Crippen molar-refractivity contribution in [3.05, 3.63) is 107 Å². The molecule has 36 heavy (non-hydrogen) atoms. The fourth-order valence-electron chi connectivity index (χ4n) is 3.46. The van der Waals surface area contributed by atoms with Gasteiger partial charge in [-0.15, -0.1) is 0 Å². The first-order valence-corrected chi connectivity index (χ1v) is 10.9. The van der Waals surface area contributed by atoms with Gasteiger partial charge in [-0.25, -0.2) is 23.5 Å². The molecular formula is C25H15ClF2N6O2. The van der Waals surface area contributed by atoms with E-state index in [1.165, 1.54) is 36.4 Å². The van der Waals surface area contributed by atoms with E-state index < -0.39 is 23.4 Å². The Labute approximate surface area is 207 Å². The van der Waals surface area contributed by atoms with Gasteiger partial charge in [0.25, 0.3) is 0 Å². The monoisotopic (exact) mass is 504 g/mol. The van der Waals surface area contributed by atoms with Gasteiger partial charge in [0.1, 0.15) is 18.0 Å². The van der Waals surface area contributed by atoms with Crippen LogP contribution in [0, 0.1) is 11.6 Å². The Morgan fingerprint density at radius 3 is 2.42 bits per heavy atom. The van der Waals surface area contributed by atoms with Gasteiger partial charge in [-0.05, 0) is 54.6 Å². The lowest BCUT2D eigenvalue weighted by atomic mass is 10.0. The molecule has 0 saturated carbocycles. The first-order chi connectivity index (χ1) is 17.4. The number of halogens is 3. The van der Waals surface area contributed by atoms with Gasteiger partial charge in [-0.3, -0.25) is 14.3 Å². The molecule has 3 aromatic carbocycles. The summed E-state index contributed by atoms with van der Waals surface area (Å²) in [4.78, 5) is 38.3. The van der Waals surface area contributed by atoms with E-state index in [0.717, 1.165) is 12.1 Å². The molecule has 0 aliphatic rings. The maximum atomic E-state index is 14.6. The number of fused-ring (bicyclic) bond motifs is 1. The molecule has 5 rings (SSSR count). The maximum absolute atomic E-state index is 14.6. The Morgan fingerprint density at radius 1 is 0.889 bits per heavy atom. The van der Waals surface area contributed by atoms with Crippen LogP contribution in [-0.2, 0) is 0 Å². The summed E-state index contributed by atoms with van der Waals surface area (Å²) in [6.07, 6.45) is 6.45. The van der Waals surface area contributed by atoms with E-state index in [-0.39, 0.29) is 27.5 Å². The summed E-state index contributed by atoms with van der Waals surface area (Å²) in [5.41, 5.74) is 1.27. The van der Waals surface area contributed by atoms with Gasteiger partial charge in [0.2, 0.25) is 0 Å². The van der Waals surface area contributed by atoms with Crippen LogP contribution in [0.5, 0.6) is 0 Å². The number of carbonyl (C=O) groups excluding carboxylic acids is 2. The summed E-state index contributed by atoms with van der Waals surface area (Å²) >= 11 is 5.64. The second-order valence-corrected chi connectivity index (χ2v) is 8.04. The smallest absolute Gasteiger partial charge is 0.308 e. The fourth-order valence-corrected chi connectivity index (χ4v) is 3.58. The molecule has 0 aliphatic heterocycles. The van der Waals surface area contributed by atoms with Gasteiger partial charge in [-0.2, -0.15) is 0 Å². The number of nitrogens with zero attached hydrogens (tertiary/aromatic N) is 4. The molecular weight excluding hydrogens is 490 g/mol. The zero-order valence-corrected chi connectivity index (χ0v) is 19.0. The maximum Gasteiger partial charge on any atom is 0.323 e. The first-order valence-electron chi connectivity index (χ1n) is 10.5. The molecule has 2 N–H and O–H groups in total. The number of hydrogen-bond acceptors (Lipinski definition) is 5. The van der Waals surface area contributed by atoms with Crippen molar-refractivity contribution in [2.75, 3.05) is 10.6 Å². The van der Waals surface area contributed by atoms with Gasteiger partial charge in [-0.1, -0.05) is 11.6 Å². The highest BCUT2D eigenvalue weighted by Crippen LogP contribution is 2.22. The molecule has 0 unspecified atom stereocenters. The molecule has 0 atom stereocenters. The van der Waals surface area contributed by atoms with Crippen LogP contribution < -0.4 is 10.6 Å². The summed E-state index contributed by atoms with van der Waals surface area (Å²) in [5, 5.41) is 4.85. The molecule has 2 heterocycles. The van der Waals surface area contributed by atoms with Crippen molar-refractivity contribution in [3.8, 4) is 5.82 Å². The normalized spacial score (nSPS) is 10.9. The molecule has 0 spiro atoms. The summed E-state index contributed by atoms with van der Waals surface area (Å²) in [6, 6.07) is 11.3. The third-order valence-electron chi connectivity index (χ3n) is 5.21. The van der Waals surface area contributed by atoms with Crippen LogP contribution in [0.2, 0.25) is 5.02 Å². The Kier molecular flexibility index (Phi) is 6.09. The van der Waals surface area contributed by atoms with Crippen LogP contribution in [0.25, 0.3) is 16.9 Å². The van der Waals surface area contributed by atoms with Crippen LogP contribution in [0.15, 0.2) is 79.5 Å². The average molecular weight is 505 g/mol. The number of anilines is 2. The largest absolute Gasteiger partial charge is 0.323 e. The minimum Gasteiger partial charge on any atom is -0.308 e. The summed E-state index contributed by atoms with van der Waals surface area (Å²) < 4.78 is 29.9. The average Bonchev–Trinajstić information content (AvgIpc) is 3.41. The van der Waals surface area contributed by atoms with E-state index >= 15 is 0 Å². The van der Waals surface area contributed by atoms with Gasteiger partial charge in [0.05, 0.1) is 27.8 Å². The number of hydrogen-bond donors (Lipinski definition) is 2. The number of ketones is 1. The van der Waals surface area contributed by atoms with Crippen LogP contribution in [0.4, 0.5) is 25.0 Å². The van der Waals surface area contributed by atoms with Crippen LogP contribution in [0.1, 0.15) is 15.9 Å². The summed E-state index contributed by atoms with van der Waals surface area (Å²) in [5.74, 6) is -1.55. The van der Waals surface area contributed by atoms with Crippen molar-refractivity contribution in [1.82, 2.24) is 19.5 Å². The van der Waals surface area contributed by atoms with Gasteiger partial charge in [0, 0.05) is 29.3 Å². The van der Waals surface area contributed by atoms with Crippen LogP contribution in [0.3, 0.4) is 0 Å². The van der Waals surface area contributed by atoms with E-state index in [9.17, 15) is 18.4 Å². The van der Waals surface area contributed by atoms with Crippen LogP contribution >= 0.6 is 11.6 Å². The second kappa shape index (κ2) is 9.51. The van der Waals surface area contributed by atoms with E-state index in [0.29, 0.717) is 16.9 Å². The third kappa shape index (κ3) is 4.75. The standard InChI is InChI=1S/C25H15ClF2N6O2/c26-18-4-2-16(11-20(18)28)32-25(36)31-15-3-5-19(27)17(10-15)24(35)14-1-6-21-22(9-14)33-23(12-30-21)34-8-7-29-13-34/h1-13H,(H2,31,32,36). The molecule has 11 heteroatoms. The number of nitrogens with one attached hydrogen (secondary N) is 2. The Hall–Kier alpha value is -4.70. The van der Waals surface area contributed by atoms with Gasteiger partial charge >= 0.3 is 6.03 Å². The molecule has 0 saturated heterocycles. The van der Waals surface area contributed by atoms with Crippen LogP contribution in [-0.4, -0.2) is 31.3 Å². The molecule has 0 bridgehead atoms. The zero-order valence-electron chi connectivity index (χ0n) is 18.2. The predicted octanol–water partition coefficient (Wildman–Crippen LogP) is 5.62. The van der Waals surface area contributed by atoms with Crippen molar-refractivity contribution in [2.45, 2.75) is 0 Å². The summed E-state index contributed by atoms with van der Waals surface area (Å²) in [7, 11) is 0. The molecule has 0 aliphatic carbocycles. The Bertz CT molecular complexity index is 1630. The second-order valence-electron chi connectivity index (χ2n) is 7.63. The molecule has 8 nitrogen and oxygen atoms in total. The predicted molar refractivity (Wildman–Crippen MR) is 131 cm³/mol. The Balaban J connectivity index is 1.38. The van der Waals surface area contributed by atoms with E-state index in [1.54, 1.807) is 35.6 Å². The van der Waals surface area contributed by atoms with Crippen molar-refractivity contribution in [3.63, 3.8) is 0 Å². The lowest BCUT2D eigenvalue weighted by Crippen LogP contribution is -2.20. The minimum absolute atomic E-state index is 0.0831. The third-order valence-corrected chi connectivity index (χ3v) is 5.51. The highest BCUT2D eigenvalue weighted by atomic mass is 35.5. The lowest BCUT2D eigenvalue weighted by molar-refractivity contribution is 0.103. The number of benzene rings is 3. The van der Waals surface area contributed by atoms with Gasteiger partial charge in [0.15, 0.2) is 11.6 Å². The highest BCUT2D eigenvalue weighted by Gasteiger charge is 2.17. The zero-order chi connectivity index (χ0) is 25.2. The molecule has 5 aromatic rings. The number of rotatable bonds is 5. The minimum atomic E-state index is -0.760. The summed E-state index contributed by atoms with van der Waals surface area (Å²) in [6.45, 7) is 0. The number of urea groups is 1. The molecule has 178 valence electrons. The van der Waals surface area contributed by atoms with Crippen molar-refractivity contribution < 1.29 is 18.4 Å². The topological polar surface area (TPSA) is 102 Å². The fraction of sp³-hybridized carbons (Fsp3) is 0. The Morgan fingerprint density at radius 2 is 1.67 bits per heavy atom. The number of carbonyl (C=O) groups is 2. The SMILES string of the molecule is O=C(Nc1ccc(Cl)c(F)c1)Nc1ccc(F)c(C(=O)c2ccc3ncc(-n4ccnc4)nc3c2)c1. The van der Waals surface area contributed by atoms with E-state index in [4.69, 9.17) is 11.6 Å². The number of aromatic nitrogens is 4. The van der Waals surface area contributed by atoms with E-state index in [2.05, 4.69) is 25.6 Å². The van der Waals surface area contributed by atoms with Crippen molar-refractivity contribution in [2.24, 2.45) is 0 Å². The molecule has 2 aromatic heterocycles. The lowest BCUT2D eigenvalue weighted by Gasteiger charge is -2.10. The first kappa shape index (κ1) is 23.1. The quantitative estimate of drug-likeness (QED) is 0.302. The number of amides is 2. The molecule has 0 radical (unpaired) electrons. The highest BCUT2D eigenvalue weighted by molar-refractivity contribution is 6.30. The van der Waals surface area contributed by atoms with Crippen molar-refractivity contribution in [1.29, 1.82) is 0 Å². The molecule has 2 amide bonds. The van der Waals surface area contributed by atoms with Crippen molar-refractivity contribution >= 4 is 45.8 Å². The molecule has 0 fully saturated rings. The number of imidazole rings is 1. The van der Waals surface area contributed by atoms with E-state index in [1.807, 2.05) is 0 Å². The van der Waals surface area contributed by atoms with Gasteiger partial charge < -0.3 is 10.6 Å².